The van der Waals surface area contributed by atoms with Crippen molar-refractivity contribution < 1.29 is 4.74 Å². The van der Waals surface area contributed by atoms with Crippen LogP contribution < -0.4 is 10.6 Å². The van der Waals surface area contributed by atoms with Gasteiger partial charge in [-0.15, -0.1) is 11.3 Å². The fourth-order valence-electron chi connectivity index (χ4n) is 2.58. The Morgan fingerprint density at radius 2 is 2.27 bits per heavy atom. The molecular formula is C16H28N4OS. The summed E-state index contributed by atoms with van der Waals surface area (Å²) in [5.41, 5.74) is 1.51. The van der Waals surface area contributed by atoms with Crippen LogP contribution in [0, 0.1) is 0 Å². The zero-order valence-corrected chi connectivity index (χ0v) is 14.5. The van der Waals surface area contributed by atoms with Gasteiger partial charge in [0.05, 0.1) is 0 Å². The van der Waals surface area contributed by atoms with E-state index in [1.807, 2.05) is 25.3 Å². The van der Waals surface area contributed by atoms with Crippen molar-refractivity contribution in [2.24, 2.45) is 4.99 Å². The number of nitrogens with zero attached hydrogens (tertiary/aromatic N) is 2. The van der Waals surface area contributed by atoms with Crippen LogP contribution >= 0.6 is 11.3 Å². The third-order valence-corrected chi connectivity index (χ3v) is 4.82. The smallest absolute Gasteiger partial charge is 0.191 e. The summed E-state index contributed by atoms with van der Waals surface area (Å²) in [5.74, 6) is 0.879. The summed E-state index contributed by atoms with van der Waals surface area (Å²) in [6.45, 7) is 8.72. The zero-order valence-electron chi connectivity index (χ0n) is 13.7. The fraction of sp³-hybridized carbons (Fsp3) is 0.688. The van der Waals surface area contributed by atoms with Crippen molar-refractivity contribution in [3.63, 3.8) is 0 Å². The van der Waals surface area contributed by atoms with Crippen LogP contribution in [0.5, 0.6) is 0 Å². The minimum absolute atomic E-state index is 0.786. The fourth-order valence-corrected chi connectivity index (χ4v) is 3.47. The molecule has 6 heteroatoms. The van der Waals surface area contributed by atoms with E-state index in [9.17, 15) is 0 Å². The highest BCUT2D eigenvalue weighted by molar-refractivity contribution is 7.10. The predicted octanol–water partition coefficient (Wildman–Crippen LogP) is 1.70. The molecule has 2 N–H and O–H groups in total. The first-order valence-corrected chi connectivity index (χ1v) is 9.01. The number of ether oxygens (including phenoxy) is 1. The maximum Gasteiger partial charge on any atom is 0.191 e. The van der Waals surface area contributed by atoms with Crippen LogP contribution in [0.3, 0.4) is 0 Å². The molecule has 1 aliphatic rings. The highest BCUT2D eigenvalue weighted by Gasteiger charge is 2.16. The number of guanidine groups is 1. The average molecular weight is 324 g/mol. The molecule has 0 bridgehead atoms. The van der Waals surface area contributed by atoms with Gasteiger partial charge < -0.3 is 15.4 Å². The quantitative estimate of drug-likeness (QED) is 0.434. The molecule has 0 aliphatic carbocycles. The summed E-state index contributed by atoms with van der Waals surface area (Å²) in [4.78, 5) is 8.32. The maximum atomic E-state index is 5.33. The lowest BCUT2D eigenvalue weighted by Gasteiger charge is -2.27. The Labute approximate surface area is 137 Å². The normalized spacial score (nSPS) is 15.6. The van der Waals surface area contributed by atoms with E-state index in [1.54, 1.807) is 4.88 Å². The van der Waals surface area contributed by atoms with Crippen molar-refractivity contribution in [2.45, 2.75) is 26.3 Å². The number of nitrogens with one attached hydrogen (secondary N) is 2. The van der Waals surface area contributed by atoms with Gasteiger partial charge >= 0.3 is 0 Å². The summed E-state index contributed by atoms with van der Waals surface area (Å²) in [5, 5.41) is 8.91. The number of hydrogen-bond acceptors (Lipinski definition) is 4. The zero-order chi connectivity index (χ0) is 15.6. The molecule has 0 fully saturated rings. The van der Waals surface area contributed by atoms with Gasteiger partial charge in [0.15, 0.2) is 5.96 Å². The van der Waals surface area contributed by atoms with Gasteiger partial charge in [-0.2, -0.15) is 0 Å². The van der Waals surface area contributed by atoms with Gasteiger partial charge in [-0.05, 0) is 36.8 Å². The minimum Gasteiger partial charge on any atom is -0.382 e. The van der Waals surface area contributed by atoms with Crippen LogP contribution in [0.15, 0.2) is 16.4 Å². The lowest BCUT2D eigenvalue weighted by Crippen LogP contribution is -2.42. The van der Waals surface area contributed by atoms with Crippen LogP contribution in [-0.4, -0.2) is 57.3 Å². The topological polar surface area (TPSA) is 48.9 Å². The maximum absolute atomic E-state index is 5.33. The molecule has 0 atom stereocenters. The first kappa shape index (κ1) is 17.2. The summed E-state index contributed by atoms with van der Waals surface area (Å²) in [6, 6.07) is 2.26. The third-order valence-electron chi connectivity index (χ3n) is 3.79. The van der Waals surface area contributed by atoms with Crippen LogP contribution in [0.2, 0.25) is 0 Å². The van der Waals surface area contributed by atoms with Gasteiger partial charge in [0, 0.05) is 57.9 Å². The van der Waals surface area contributed by atoms with Crippen LogP contribution in [0.1, 0.15) is 23.8 Å². The van der Waals surface area contributed by atoms with Gasteiger partial charge in [-0.1, -0.05) is 0 Å². The molecule has 0 aromatic carbocycles. The second-order valence-corrected chi connectivity index (χ2v) is 6.37. The molecule has 0 unspecified atom stereocenters. The molecule has 5 nitrogen and oxygen atoms in total. The van der Waals surface area contributed by atoms with E-state index < -0.39 is 0 Å². The molecule has 124 valence electrons. The minimum atomic E-state index is 0.786. The van der Waals surface area contributed by atoms with Gasteiger partial charge in [0.2, 0.25) is 0 Å². The Hall–Kier alpha value is -1.11. The molecule has 1 aromatic heterocycles. The van der Waals surface area contributed by atoms with Crippen LogP contribution in [-0.2, 0) is 17.7 Å². The van der Waals surface area contributed by atoms with E-state index >= 15 is 0 Å². The highest BCUT2D eigenvalue weighted by Crippen LogP contribution is 2.23. The molecular weight excluding hydrogens is 296 g/mol. The number of aliphatic imine (C=N–C) groups is 1. The first-order chi connectivity index (χ1) is 10.8. The SMILES string of the molecule is CCOCCCNC(=NC)NCCN1CCc2sccc2C1. The number of hydrogen-bond donors (Lipinski definition) is 2. The second-order valence-electron chi connectivity index (χ2n) is 5.37. The molecule has 1 aromatic rings. The second kappa shape index (κ2) is 9.82. The molecule has 0 spiro atoms. The predicted molar refractivity (Wildman–Crippen MR) is 93.8 cm³/mol. The number of rotatable bonds is 8. The van der Waals surface area contributed by atoms with Gasteiger partial charge in [-0.3, -0.25) is 9.89 Å². The molecule has 2 heterocycles. The molecule has 0 saturated heterocycles. The summed E-state index contributed by atoms with van der Waals surface area (Å²) < 4.78 is 5.33. The van der Waals surface area contributed by atoms with Crippen molar-refractivity contribution >= 4 is 17.3 Å². The monoisotopic (exact) mass is 324 g/mol. The first-order valence-electron chi connectivity index (χ1n) is 8.13. The van der Waals surface area contributed by atoms with E-state index in [-0.39, 0.29) is 0 Å². The molecule has 0 saturated carbocycles. The van der Waals surface area contributed by atoms with Crippen LogP contribution in [0.25, 0.3) is 0 Å². The number of thiophene rings is 1. The van der Waals surface area contributed by atoms with Crippen molar-refractivity contribution in [3.05, 3.63) is 21.9 Å². The van der Waals surface area contributed by atoms with E-state index in [4.69, 9.17) is 4.74 Å². The highest BCUT2D eigenvalue weighted by atomic mass is 32.1. The van der Waals surface area contributed by atoms with Crippen molar-refractivity contribution in [1.82, 2.24) is 15.5 Å². The Kier molecular flexibility index (Phi) is 7.70. The molecule has 1 aliphatic heterocycles. The van der Waals surface area contributed by atoms with E-state index in [1.165, 1.54) is 12.0 Å². The average Bonchev–Trinajstić information content (AvgIpc) is 3.00. The lowest BCUT2D eigenvalue weighted by molar-refractivity contribution is 0.145. The summed E-state index contributed by atoms with van der Waals surface area (Å²) in [6.07, 6.45) is 2.19. The number of fused-ring (bicyclic) bond motifs is 1. The van der Waals surface area contributed by atoms with Crippen LogP contribution in [0.4, 0.5) is 0 Å². The molecule has 0 radical (unpaired) electrons. The largest absolute Gasteiger partial charge is 0.382 e. The third kappa shape index (κ3) is 5.59. The Morgan fingerprint density at radius 3 is 3.09 bits per heavy atom. The van der Waals surface area contributed by atoms with Gasteiger partial charge in [0.25, 0.3) is 0 Å². The van der Waals surface area contributed by atoms with Gasteiger partial charge in [-0.25, -0.2) is 0 Å². The Balaban J connectivity index is 1.59. The Bertz CT molecular complexity index is 461. The van der Waals surface area contributed by atoms with Crippen molar-refractivity contribution in [3.8, 4) is 0 Å². The van der Waals surface area contributed by atoms with Gasteiger partial charge in [0.1, 0.15) is 0 Å². The molecule has 2 rings (SSSR count). The van der Waals surface area contributed by atoms with E-state index in [0.717, 1.165) is 58.3 Å². The lowest BCUT2D eigenvalue weighted by atomic mass is 10.1. The van der Waals surface area contributed by atoms with Crippen molar-refractivity contribution in [2.75, 3.05) is 46.4 Å². The van der Waals surface area contributed by atoms with E-state index in [0.29, 0.717) is 0 Å². The summed E-state index contributed by atoms with van der Waals surface area (Å²) in [7, 11) is 1.82. The molecule has 0 amide bonds. The standard InChI is InChI=1S/C16H28N4OS/c1-3-21-11-4-7-18-16(17-2)19-8-10-20-9-5-15-14(13-20)6-12-22-15/h6,12H,3-5,7-11,13H2,1-2H3,(H2,17,18,19). The molecule has 22 heavy (non-hydrogen) atoms. The van der Waals surface area contributed by atoms with Crippen molar-refractivity contribution in [1.29, 1.82) is 0 Å². The Morgan fingerprint density at radius 1 is 1.41 bits per heavy atom. The summed E-state index contributed by atoms with van der Waals surface area (Å²) >= 11 is 1.89. The van der Waals surface area contributed by atoms with E-state index in [2.05, 4.69) is 32.0 Å².